The highest BCUT2D eigenvalue weighted by atomic mass is 28.3. The minimum absolute atomic E-state index is 0.488. The molecule has 102 valence electrons. The molecule has 0 unspecified atom stereocenters. The van der Waals surface area contributed by atoms with Crippen LogP contribution in [0.4, 0.5) is 22.0 Å². The molecule has 0 saturated heterocycles. The summed E-state index contributed by atoms with van der Waals surface area (Å²) < 4.78 is 66.4. The van der Waals surface area contributed by atoms with Crippen molar-refractivity contribution in [3.63, 3.8) is 0 Å². The van der Waals surface area contributed by atoms with Gasteiger partial charge in [-0.15, -0.1) is 0 Å². The fourth-order valence-electron chi connectivity index (χ4n) is 1.94. The van der Waals surface area contributed by atoms with E-state index in [1.165, 1.54) is 0 Å². The van der Waals surface area contributed by atoms with Crippen molar-refractivity contribution in [3.8, 4) is 0 Å². The molecule has 0 saturated carbocycles. The van der Waals surface area contributed by atoms with Gasteiger partial charge in [-0.2, -0.15) is 0 Å². The molecule has 0 N–H and O–H groups in total. The van der Waals surface area contributed by atoms with Crippen LogP contribution >= 0.6 is 0 Å². The molecule has 0 aliphatic rings. The molecular weight excluding hydrogens is 267 g/mol. The molecule has 0 bridgehead atoms. The van der Waals surface area contributed by atoms with E-state index in [4.69, 9.17) is 0 Å². The quantitative estimate of drug-likeness (QED) is 0.337. The van der Waals surface area contributed by atoms with Gasteiger partial charge in [0.1, 0.15) is 0 Å². The Morgan fingerprint density at radius 1 is 0.778 bits per heavy atom. The van der Waals surface area contributed by atoms with Crippen molar-refractivity contribution < 1.29 is 22.0 Å². The topological polar surface area (TPSA) is 0 Å². The lowest BCUT2D eigenvalue weighted by Gasteiger charge is -2.24. The Balaban J connectivity index is 3.41. The van der Waals surface area contributed by atoms with E-state index in [2.05, 4.69) is 0 Å². The largest absolute Gasteiger partial charge is 0.204 e. The summed E-state index contributed by atoms with van der Waals surface area (Å²) in [4.78, 5) is 0. The molecule has 1 rings (SSSR count). The zero-order valence-corrected chi connectivity index (χ0v) is 11.5. The average Bonchev–Trinajstić information content (AvgIpc) is 2.31. The smallest absolute Gasteiger partial charge is 0.200 e. The van der Waals surface area contributed by atoms with E-state index >= 15 is 0 Å². The van der Waals surface area contributed by atoms with Crippen LogP contribution in [-0.4, -0.2) is 8.07 Å². The van der Waals surface area contributed by atoms with E-state index in [0.717, 1.165) is 6.42 Å². The monoisotopic (exact) mass is 282 g/mol. The Labute approximate surface area is 104 Å². The first-order valence-corrected chi connectivity index (χ1v) is 8.96. The predicted octanol–water partition coefficient (Wildman–Crippen LogP) is 4.10. The zero-order chi connectivity index (χ0) is 14.1. The lowest BCUT2D eigenvalue weighted by Crippen LogP contribution is -2.46. The van der Waals surface area contributed by atoms with Gasteiger partial charge in [0, 0.05) is 5.19 Å². The van der Waals surface area contributed by atoms with Crippen molar-refractivity contribution in [3.05, 3.63) is 29.1 Å². The second-order valence-electron chi connectivity index (χ2n) is 4.93. The fraction of sp³-hybridized carbons (Fsp3) is 0.500. The standard InChI is InChI=1S/C12H15F5Si/c1-4-5-6-18(2,3)12-10(16)8(14)7(13)9(15)11(12)17/h4-6H2,1-3H3. The summed E-state index contributed by atoms with van der Waals surface area (Å²) >= 11 is 0. The molecule has 1 aromatic carbocycles. The van der Waals surface area contributed by atoms with E-state index in [-0.39, 0.29) is 0 Å². The van der Waals surface area contributed by atoms with Crippen molar-refractivity contribution >= 4 is 13.3 Å². The Morgan fingerprint density at radius 3 is 1.56 bits per heavy atom. The van der Waals surface area contributed by atoms with Crippen molar-refractivity contribution in [1.82, 2.24) is 0 Å². The van der Waals surface area contributed by atoms with Crippen molar-refractivity contribution in [1.29, 1.82) is 0 Å². The maximum Gasteiger partial charge on any atom is 0.200 e. The van der Waals surface area contributed by atoms with Crippen molar-refractivity contribution in [2.45, 2.75) is 38.9 Å². The minimum Gasteiger partial charge on any atom is -0.204 e. The molecule has 0 atom stereocenters. The third kappa shape index (κ3) is 2.58. The van der Waals surface area contributed by atoms with Crippen LogP contribution in [0.2, 0.25) is 19.1 Å². The molecule has 0 aliphatic heterocycles. The van der Waals surface area contributed by atoms with Crippen molar-refractivity contribution in [2.75, 3.05) is 0 Å². The molecule has 18 heavy (non-hydrogen) atoms. The molecule has 0 fully saturated rings. The highest BCUT2D eigenvalue weighted by molar-refractivity contribution is 6.89. The Morgan fingerprint density at radius 2 is 1.17 bits per heavy atom. The first-order chi connectivity index (χ1) is 8.24. The summed E-state index contributed by atoms with van der Waals surface area (Å²) in [6.07, 6.45) is 1.52. The normalized spacial score (nSPS) is 12.0. The van der Waals surface area contributed by atoms with Gasteiger partial charge in [0.15, 0.2) is 23.3 Å². The van der Waals surface area contributed by atoms with Gasteiger partial charge in [0.25, 0.3) is 0 Å². The Hall–Kier alpha value is -0.913. The second kappa shape index (κ2) is 5.38. The summed E-state index contributed by atoms with van der Waals surface area (Å²) in [6, 6.07) is 0.488. The van der Waals surface area contributed by atoms with Crippen LogP contribution in [0.1, 0.15) is 19.8 Å². The number of unbranched alkanes of at least 4 members (excludes halogenated alkanes) is 1. The lowest BCUT2D eigenvalue weighted by molar-refractivity contribution is 0.383. The van der Waals surface area contributed by atoms with Gasteiger partial charge in [-0.25, -0.2) is 22.0 Å². The first kappa shape index (κ1) is 15.1. The van der Waals surface area contributed by atoms with Crippen LogP contribution < -0.4 is 5.19 Å². The summed E-state index contributed by atoms with van der Waals surface area (Å²) in [5.41, 5.74) is 0. The molecule has 0 aliphatic carbocycles. The highest BCUT2D eigenvalue weighted by Gasteiger charge is 2.35. The zero-order valence-electron chi connectivity index (χ0n) is 10.5. The molecular formula is C12H15F5Si. The van der Waals surface area contributed by atoms with Gasteiger partial charge in [-0.1, -0.05) is 38.9 Å². The molecule has 1 aromatic rings. The van der Waals surface area contributed by atoms with E-state index in [0.29, 0.717) is 12.5 Å². The first-order valence-electron chi connectivity index (χ1n) is 5.76. The molecule has 0 amide bonds. The average molecular weight is 282 g/mol. The van der Waals surface area contributed by atoms with Crippen LogP contribution in [0.5, 0.6) is 0 Å². The van der Waals surface area contributed by atoms with Crippen LogP contribution in [0.3, 0.4) is 0 Å². The number of benzene rings is 1. The fourth-order valence-corrected chi connectivity index (χ4v) is 4.84. The number of rotatable bonds is 4. The summed E-state index contributed by atoms with van der Waals surface area (Å²) in [7, 11) is -2.67. The van der Waals surface area contributed by atoms with Gasteiger partial charge in [0.05, 0.1) is 8.07 Å². The number of hydrogen-bond acceptors (Lipinski definition) is 0. The number of hydrogen-bond donors (Lipinski definition) is 0. The molecule has 0 radical (unpaired) electrons. The Bertz CT molecular complexity index is 427. The van der Waals surface area contributed by atoms with E-state index < -0.39 is 42.3 Å². The third-order valence-corrected chi connectivity index (χ3v) is 6.44. The minimum atomic E-state index is -2.67. The SMILES string of the molecule is CCCC[Si](C)(C)c1c(F)c(F)c(F)c(F)c1F. The maximum atomic E-state index is 13.6. The molecule has 0 nitrogen and oxygen atoms in total. The highest BCUT2D eigenvalue weighted by Crippen LogP contribution is 2.22. The van der Waals surface area contributed by atoms with Crippen LogP contribution in [-0.2, 0) is 0 Å². The summed E-state index contributed by atoms with van der Waals surface area (Å²) in [5.74, 6) is -9.12. The van der Waals surface area contributed by atoms with Crippen LogP contribution in [0.15, 0.2) is 0 Å². The van der Waals surface area contributed by atoms with Gasteiger partial charge < -0.3 is 0 Å². The van der Waals surface area contributed by atoms with E-state index in [1.807, 2.05) is 6.92 Å². The van der Waals surface area contributed by atoms with Gasteiger partial charge in [-0.05, 0) is 0 Å². The van der Waals surface area contributed by atoms with Crippen molar-refractivity contribution in [2.24, 2.45) is 0 Å². The van der Waals surface area contributed by atoms with Gasteiger partial charge in [0.2, 0.25) is 5.82 Å². The second-order valence-corrected chi connectivity index (χ2v) is 9.70. The third-order valence-electron chi connectivity index (χ3n) is 3.04. The molecule has 0 spiro atoms. The maximum absolute atomic E-state index is 13.6. The molecule has 0 aromatic heterocycles. The summed E-state index contributed by atoms with van der Waals surface area (Å²) in [5, 5.41) is -0.590. The van der Waals surface area contributed by atoms with Crippen LogP contribution in [0.25, 0.3) is 0 Å². The van der Waals surface area contributed by atoms with E-state index in [1.54, 1.807) is 13.1 Å². The van der Waals surface area contributed by atoms with Gasteiger partial charge >= 0.3 is 0 Å². The van der Waals surface area contributed by atoms with Gasteiger partial charge in [-0.3, -0.25) is 0 Å². The molecule has 0 heterocycles. The van der Waals surface area contributed by atoms with Crippen LogP contribution in [0, 0.1) is 29.1 Å². The summed E-state index contributed by atoms with van der Waals surface area (Å²) in [6.45, 7) is 5.13. The predicted molar refractivity (Wildman–Crippen MR) is 63.1 cm³/mol. The molecule has 6 heteroatoms. The lowest BCUT2D eigenvalue weighted by atomic mass is 10.3. The Kier molecular flexibility index (Phi) is 4.53. The number of halogens is 5. The van der Waals surface area contributed by atoms with E-state index in [9.17, 15) is 22.0 Å².